The summed E-state index contributed by atoms with van der Waals surface area (Å²) < 4.78 is 15.9. The third-order valence-corrected chi connectivity index (χ3v) is 6.47. The van der Waals surface area contributed by atoms with Gasteiger partial charge in [-0.25, -0.2) is 9.37 Å². The lowest BCUT2D eigenvalue weighted by atomic mass is 10.1. The van der Waals surface area contributed by atoms with Crippen molar-refractivity contribution in [3.8, 4) is 5.69 Å². The van der Waals surface area contributed by atoms with Crippen molar-refractivity contribution in [3.63, 3.8) is 0 Å². The number of halogens is 1. The van der Waals surface area contributed by atoms with Crippen molar-refractivity contribution in [2.75, 3.05) is 5.75 Å². The second-order valence-corrected chi connectivity index (χ2v) is 8.87. The molecule has 0 aliphatic carbocycles. The number of aromatic nitrogens is 3. The highest BCUT2D eigenvalue weighted by molar-refractivity contribution is 7.99. The van der Waals surface area contributed by atoms with Gasteiger partial charge in [0.2, 0.25) is 5.91 Å². The number of aryl methyl sites for hydroxylation is 1. The Morgan fingerprint density at radius 2 is 1.79 bits per heavy atom. The van der Waals surface area contributed by atoms with E-state index >= 15 is 0 Å². The van der Waals surface area contributed by atoms with Gasteiger partial charge in [-0.1, -0.05) is 71.9 Å². The van der Waals surface area contributed by atoms with Crippen molar-refractivity contribution in [2.45, 2.75) is 18.6 Å². The van der Waals surface area contributed by atoms with E-state index in [0.29, 0.717) is 12.1 Å². The number of nitrogens with one attached hydrogen (secondary N) is 2. The predicted octanol–water partition coefficient (Wildman–Crippen LogP) is 4.72. The van der Waals surface area contributed by atoms with E-state index in [1.807, 2.05) is 55.5 Å². The lowest BCUT2D eigenvalue weighted by molar-refractivity contribution is -0.118. The van der Waals surface area contributed by atoms with Crippen LogP contribution < -0.4 is 10.9 Å². The molecule has 34 heavy (non-hydrogen) atoms. The lowest BCUT2D eigenvalue weighted by Crippen LogP contribution is -2.26. The summed E-state index contributed by atoms with van der Waals surface area (Å²) in [4.78, 5) is 33.8. The summed E-state index contributed by atoms with van der Waals surface area (Å²) >= 11 is 1.10. The van der Waals surface area contributed by atoms with Gasteiger partial charge < -0.3 is 10.3 Å². The summed E-state index contributed by atoms with van der Waals surface area (Å²) in [5, 5.41) is 3.92. The molecule has 170 valence electrons. The highest BCUT2D eigenvalue weighted by Gasteiger charge is 2.19. The number of carbonyl (C=O) groups excluding carboxylic acids is 1. The summed E-state index contributed by atoms with van der Waals surface area (Å²) in [5.74, 6) is -0.730. The Balaban J connectivity index is 1.49. The Bertz CT molecular complexity index is 1570. The molecule has 0 saturated carbocycles. The molecule has 2 N–H and O–H groups in total. The standard InChI is InChI=1S/C26H21FN4O2S/c1-16-10-12-17(13-11-16)14-28-22(32)15-34-26-30-23-18-6-2-4-8-20(18)29-24(23)25(33)31(26)21-9-5-3-7-19(21)27/h2-13,29H,14-15H2,1H3,(H,28,32). The fourth-order valence-electron chi connectivity index (χ4n) is 3.77. The molecule has 6 nitrogen and oxygen atoms in total. The van der Waals surface area contributed by atoms with E-state index in [0.717, 1.165) is 33.8 Å². The molecule has 0 spiro atoms. The molecule has 0 fully saturated rings. The van der Waals surface area contributed by atoms with Gasteiger partial charge in [0.25, 0.3) is 5.56 Å². The molecule has 1 amide bonds. The van der Waals surface area contributed by atoms with Crippen LogP contribution in [0.4, 0.5) is 4.39 Å². The second kappa shape index (κ2) is 9.15. The van der Waals surface area contributed by atoms with E-state index in [9.17, 15) is 14.0 Å². The quantitative estimate of drug-likeness (QED) is 0.277. The zero-order valence-corrected chi connectivity index (χ0v) is 19.2. The molecule has 0 atom stereocenters. The van der Waals surface area contributed by atoms with Gasteiger partial charge in [0, 0.05) is 17.4 Å². The molecule has 8 heteroatoms. The van der Waals surface area contributed by atoms with Gasteiger partial charge in [0.05, 0.1) is 11.4 Å². The number of hydrogen-bond donors (Lipinski definition) is 2. The number of aromatic amines is 1. The first kappa shape index (κ1) is 21.9. The van der Waals surface area contributed by atoms with Gasteiger partial charge >= 0.3 is 0 Å². The van der Waals surface area contributed by atoms with Crippen LogP contribution in [0.15, 0.2) is 82.7 Å². The van der Waals surface area contributed by atoms with Crippen molar-refractivity contribution in [3.05, 3.63) is 100 Å². The van der Waals surface area contributed by atoms with E-state index in [1.54, 1.807) is 12.1 Å². The van der Waals surface area contributed by atoms with Crippen molar-refractivity contribution in [2.24, 2.45) is 0 Å². The summed E-state index contributed by atoms with van der Waals surface area (Å²) in [6.45, 7) is 2.40. The molecule has 2 aromatic heterocycles. The van der Waals surface area contributed by atoms with E-state index in [4.69, 9.17) is 0 Å². The first-order valence-corrected chi connectivity index (χ1v) is 11.7. The van der Waals surface area contributed by atoms with Gasteiger partial charge in [-0.05, 0) is 30.7 Å². The highest BCUT2D eigenvalue weighted by Crippen LogP contribution is 2.27. The summed E-state index contributed by atoms with van der Waals surface area (Å²) in [7, 11) is 0. The van der Waals surface area contributed by atoms with Crippen LogP contribution in [0.25, 0.3) is 27.6 Å². The van der Waals surface area contributed by atoms with E-state index in [1.165, 1.54) is 16.7 Å². The topological polar surface area (TPSA) is 79.8 Å². The fourth-order valence-corrected chi connectivity index (χ4v) is 4.60. The second-order valence-electron chi connectivity index (χ2n) is 7.93. The van der Waals surface area contributed by atoms with Crippen LogP contribution in [-0.4, -0.2) is 26.2 Å². The number of rotatable bonds is 6. The third kappa shape index (κ3) is 4.20. The Morgan fingerprint density at radius 3 is 2.59 bits per heavy atom. The lowest BCUT2D eigenvalue weighted by Gasteiger charge is -2.13. The van der Waals surface area contributed by atoms with E-state index in [2.05, 4.69) is 15.3 Å². The number of fused-ring (bicyclic) bond motifs is 3. The Labute approximate surface area is 198 Å². The average molecular weight is 473 g/mol. The molecule has 2 heterocycles. The van der Waals surface area contributed by atoms with Gasteiger partial charge in [-0.3, -0.25) is 14.2 Å². The first-order valence-electron chi connectivity index (χ1n) is 10.7. The minimum absolute atomic E-state index is 0.0284. The number of H-pyrrole nitrogens is 1. The number of thioether (sulfide) groups is 1. The molecule has 0 radical (unpaired) electrons. The van der Waals surface area contributed by atoms with Crippen molar-refractivity contribution in [1.29, 1.82) is 0 Å². The molecule has 0 saturated heterocycles. The molecule has 5 aromatic rings. The van der Waals surface area contributed by atoms with Gasteiger partial charge in [-0.2, -0.15) is 0 Å². The zero-order chi connectivity index (χ0) is 23.7. The van der Waals surface area contributed by atoms with Crippen LogP contribution in [0.1, 0.15) is 11.1 Å². The summed E-state index contributed by atoms with van der Waals surface area (Å²) in [5.41, 5.74) is 3.35. The Hall–Kier alpha value is -3.91. The molecule has 0 aliphatic rings. The molecule has 3 aromatic carbocycles. The van der Waals surface area contributed by atoms with Crippen LogP contribution in [-0.2, 0) is 11.3 Å². The molecular formula is C26H21FN4O2S. The zero-order valence-electron chi connectivity index (χ0n) is 18.3. The van der Waals surface area contributed by atoms with Gasteiger partial charge in [0.1, 0.15) is 16.9 Å². The summed E-state index contributed by atoms with van der Waals surface area (Å²) in [6.07, 6.45) is 0. The van der Waals surface area contributed by atoms with Crippen LogP contribution in [0.5, 0.6) is 0 Å². The number of para-hydroxylation sites is 2. The third-order valence-electron chi connectivity index (χ3n) is 5.53. The van der Waals surface area contributed by atoms with Gasteiger partial charge in [-0.15, -0.1) is 0 Å². The van der Waals surface area contributed by atoms with Crippen molar-refractivity contribution in [1.82, 2.24) is 19.9 Å². The molecule has 0 unspecified atom stereocenters. The molecule has 0 bridgehead atoms. The monoisotopic (exact) mass is 472 g/mol. The molecular weight excluding hydrogens is 451 g/mol. The van der Waals surface area contributed by atoms with Gasteiger partial charge in [0.15, 0.2) is 5.16 Å². The number of carbonyl (C=O) groups is 1. The van der Waals surface area contributed by atoms with E-state index < -0.39 is 11.4 Å². The normalized spacial score (nSPS) is 11.2. The van der Waals surface area contributed by atoms with Crippen LogP contribution in [0.2, 0.25) is 0 Å². The molecule has 5 rings (SSSR count). The SMILES string of the molecule is Cc1ccc(CNC(=O)CSc2nc3c([nH]c4ccccc43)c(=O)n2-c2ccccc2F)cc1. The smallest absolute Gasteiger partial charge is 0.283 e. The Morgan fingerprint density at radius 1 is 1.06 bits per heavy atom. The maximum atomic E-state index is 14.7. The van der Waals surface area contributed by atoms with Crippen LogP contribution >= 0.6 is 11.8 Å². The highest BCUT2D eigenvalue weighted by atomic mass is 32.2. The number of hydrogen-bond acceptors (Lipinski definition) is 4. The van der Waals surface area contributed by atoms with Crippen LogP contribution in [0, 0.1) is 12.7 Å². The first-order chi connectivity index (χ1) is 16.5. The maximum absolute atomic E-state index is 14.7. The number of amides is 1. The minimum atomic E-state index is -0.549. The fraction of sp³-hybridized carbons (Fsp3) is 0.115. The summed E-state index contributed by atoms with van der Waals surface area (Å²) in [6, 6.07) is 21.4. The maximum Gasteiger partial charge on any atom is 0.283 e. The van der Waals surface area contributed by atoms with E-state index in [-0.39, 0.29) is 28.0 Å². The molecule has 0 aliphatic heterocycles. The largest absolute Gasteiger partial charge is 0.351 e. The minimum Gasteiger partial charge on any atom is -0.351 e. The Kier molecular flexibility index (Phi) is 5.90. The number of nitrogens with zero attached hydrogens (tertiary/aromatic N) is 2. The average Bonchev–Trinajstić information content (AvgIpc) is 3.22. The van der Waals surface area contributed by atoms with Crippen LogP contribution in [0.3, 0.4) is 0 Å². The number of benzene rings is 3. The van der Waals surface area contributed by atoms with Crippen molar-refractivity contribution >= 4 is 39.6 Å². The van der Waals surface area contributed by atoms with Crippen molar-refractivity contribution < 1.29 is 9.18 Å². The predicted molar refractivity (Wildman–Crippen MR) is 133 cm³/mol.